The molecule has 0 bridgehead atoms. The van der Waals surface area contributed by atoms with Crippen molar-refractivity contribution in [3.05, 3.63) is 72.1 Å². The van der Waals surface area contributed by atoms with Crippen molar-refractivity contribution in [2.75, 3.05) is 11.9 Å². The molecular weight excluding hydrogens is 468 g/mol. The zero-order chi connectivity index (χ0) is 23.6. The molecule has 2 aromatic rings. The highest BCUT2D eigenvalue weighted by Crippen LogP contribution is 2.39. The number of benzene rings is 2. The number of imide groups is 1. The summed E-state index contributed by atoms with van der Waals surface area (Å²) in [6.07, 6.45) is 0.909. The number of thioether (sulfide) groups is 1. The number of anilines is 1. The lowest BCUT2D eigenvalue weighted by molar-refractivity contribution is -0.394. The molecular formula is C18H11ClN4O8S. The van der Waals surface area contributed by atoms with Gasteiger partial charge in [-0.2, -0.15) is 0 Å². The van der Waals surface area contributed by atoms with E-state index in [1.165, 1.54) is 12.1 Å². The second-order valence-electron chi connectivity index (χ2n) is 6.21. The Bertz CT molecular complexity index is 1220. The lowest BCUT2D eigenvalue weighted by Crippen LogP contribution is -2.36. The molecule has 0 aliphatic carbocycles. The second kappa shape index (κ2) is 9.03. The number of non-ortho nitro benzene ring substituents is 1. The van der Waals surface area contributed by atoms with Crippen molar-refractivity contribution >= 4 is 63.6 Å². The van der Waals surface area contributed by atoms with Crippen LogP contribution in [-0.2, 0) is 9.59 Å². The fourth-order valence-electron chi connectivity index (χ4n) is 2.65. The van der Waals surface area contributed by atoms with Crippen molar-refractivity contribution in [3.8, 4) is 5.75 Å². The maximum absolute atomic E-state index is 12.6. The van der Waals surface area contributed by atoms with Gasteiger partial charge in [-0.05, 0) is 30.0 Å². The second-order valence-corrected chi connectivity index (χ2v) is 7.61. The van der Waals surface area contributed by atoms with Crippen LogP contribution in [-0.4, -0.2) is 43.5 Å². The standard InChI is InChI=1S/C18H11ClN4O8S/c19-11-3-1-2-4-12(11)20-15(24)8-21-17(26)14(32-18(21)27)6-9-5-10(22(28)29)7-13(16(9)25)23(30)31/h1-7,25H,8H2,(H,20,24)/b14-6+. The van der Waals surface area contributed by atoms with Gasteiger partial charge in [-0.1, -0.05) is 23.7 Å². The van der Waals surface area contributed by atoms with E-state index < -0.39 is 56.1 Å². The molecule has 1 saturated heterocycles. The van der Waals surface area contributed by atoms with Crippen LogP contribution in [0, 0.1) is 20.2 Å². The van der Waals surface area contributed by atoms with Gasteiger partial charge in [0, 0.05) is 11.6 Å². The number of hydrogen-bond donors (Lipinski definition) is 2. The monoisotopic (exact) mass is 478 g/mol. The number of carbonyl (C=O) groups is 3. The number of phenolic OH excluding ortho intramolecular Hbond substituents is 1. The largest absolute Gasteiger partial charge is 0.502 e. The van der Waals surface area contributed by atoms with Gasteiger partial charge >= 0.3 is 5.69 Å². The molecule has 1 fully saturated rings. The molecule has 0 saturated carbocycles. The molecule has 3 rings (SSSR count). The molecule has 0 aromatic heterocycles. The summed E-state index contributed by atoms with van der Waals surface area (Å²) in [5.41, 5.74) is -1.77. The molecule has 2 N–H and O–H groups in total. The van der Waals surface area contributed by atoms with Gasteiger partial charge < -0.3 is 10.4 Å². The van der Waals surface area contributed by atoms with Crippen molar-refractivity contribution < 1.29 is 29.3 Å². The van der Waals surface area contributed by atoms with Crippen molar-refractivity contribution in [3.63, 3.8) is 0 Å². The van der Waals surface area contributed by atoms with Gasteiger partial charge in [0.25, 0.3) is 16.8 Å². The van der Waals surface area contributed by atoms with Crippen molar-refractivity contribution in [2.45, 2.75) is 0 Å². The Hall–Kier alpha value is -3.97. The van der Waals surface area contributed by atoms with E-state index in [0.29, 0.717) is 22.7 Å². The number of hydrogen-bond acceptors (Lipinski definition) is 9. The maximum Gasteiger partial charge on any atom is 0.318 e. The SMILES string of the molecule is O=C(CN1C(=O)S/C(=C/c2cc([N+](=O)[O-])cc([N+](=O)[O-])c2O)C1=O)Nc1ccccc1Cl. The lowest BCUT2D eigenvalue weighted by atomic mass is 10.1. The lowest BCUT2D eigenvalue weighted by Gasteiger charge is -2.13. The molecule has 164 valence electrons. The van der Waals surface area contributed by atoms with Gasteiger partial charge in [0.2, 0.25) is 11.7 Å². The zero-order valence-electron chi connectivity index (χ0n) is 15.7. The normalized spacial score (nSPS) is 14.7. The maximum atomic E-state index is 12.6. The number of aromatic hydroxyl groups is 1. The van der Waals surface area contributed by atoms with Gasteiger partial charge in [-0.25, -0.2) is 0 Å². The summed E-state index contributed by atoms with van der Waals surface area (Å²) < 4.78 is 0. The van der Waals surface area contributed by atoms with Crippen molar-refractivity contribution in [2.24, 2.45) is 0 Å². The molecule has 1 aliphatic rings. The molecule has 32 heavy (non-hydrogen) atoms. The average molecular weight is 479 g/mol. The van der Waals surface area contributed by atoms with E-state index in [1.54, 1.807) is 12.1 Å². The van der Waals surface area contributed by atoms with E-state index in [2.05, 4.69) is 5.32 Å². The molecule has 14 heteroatoms. The van der Waals surface area contributed by atoms with Crippen LogP contribution in [0.25, 0.3) is 6.08 Å². The van der Waals surface area contributed by atoms with Gasteiger partial charge in [-0.3, -0.25) is 39.5 Å². The third-order valence-corrected chi connectivity index (χ3v) is 5.36. The average Bonchev–Trinajstić information content (AvgIpc) is 2.98. The Morgan fingerprint density at radius 2 is 1.88 bits per heavy atom. The number of phenols is 1. The topological polar surface area (TPSA) is 173 Å². The molecule has 1 aliphatic heterocycles. The number of amides is 3. The summed E-state index contributed by atoms with van der Waals surface area (Å²) in [6, 6.07) is 7.70. The van der Waals surface area contributed by atoms with Crippen LogP contribution in [0.4, 0.5) is 21.9 Å². The highest BCUT2D eigenvalue weighted by Gasteiger charge is 2.37. The predicted octanol–water partition coefficient (Wildman–Crippen LogP) is 3.54. The van der Waals surface area contributed by atoms with Gasteiger partial charge in [0.1, 0.15) is 6.54 Å². The first-order valence-corrected chi connectivity index (χ1v) is 9.73. The summed E-state index contributed by atoms with van der Waals surface area (Å²) >= 11 is 6.35. The van der Waals surface area contributed by atoms with Crippen LogP contribution in [0.3, 0.4) is 0 Å². The number of nitro groups is 2. The highest BCUT2D eigenvalue weighted by atomic mass is 35.5. The number of nitrogens with one attached hydrogen (secondary N) is 1. The molecule has 0 spiro atoms. The highest BCUT2D eigenvalue weighted by molar-refractivity contribution is 8.18. The van der Waals surface area contributed by atoms with E-state index >= 15 is 0 Å². The minimum Gasteiger partial charge on any atom is -0.502 e. The van der Waals surface area contributed by atoms with Gasteiger partial charge in [0.15, 0.2) is 0 Å². The van der Waals surface area contributed by atoms with E-state index in [4.69, 9.17) is 11.6 Å². The van der Waals surface area contributed by atoms with Crippen LogP contribution >= 0.6 is 23.4 Å². The molecule has 0 atom stereocenters. The van der Waals surface area contributed by atoms with Crippen LogP contribution < -0.4 is 5.32 Å². The zero-order valence-corrected chi connectivity index (χ0v) is 17.3. The quantitative estimate of drug-likeness (QED) is 0.357. The molecule has 0 unspecified atom stereocenters. The van der Waals surface area contributed by atoms with Crippen LogP contribution in [0.1, 0.15) is 5.56 Å². The number of para-hydroxylation sites is 1. The summed E-state index contributed by atoms with van der Waals surface area (Å²) in [4.78, 5) is 57.5. The van der Waals surface area contributed by atoms with E-state index in [0.717, 1.165) is 12.1 Å². The molecule has 2 aromatic carbocycles. The first kappa shape index (κ1) is 22.7. The Labute approximate surface area is 187 Å². The third-order valence-electron chi connectivity index (χ3n) is 4.12. The van der Waals surface area contributed by atoms with Crippen molar-refractivity contribution in [1.82, 2.24) is 4.90 Å². The number of halogens is 1. The minimum atomic E-state index is -1.02. The molecule has 0 radical (unpaired) electrons. The number of rotatable bonds is 6. The van der Waals surface area contributed by atoms with E-state index in [-0.39, 0.29) is 15.6 Å². The molecule has 1 heterocycles. The fourth-order valence-corrected chi connectivity index (χ4v) is 3.67. The Morgan fingerprint density at radius 1 is 1.19 bits per heavy atom. The number of nitro benzene ring substituents is 2. The van der Waals surface area contributed by atoms with Crippen LogP contribution in [0.15, 0.2) is 41.3 Å². The van der Waals surface area contributed by atoms with Crippen LogP contribution in [0.2, 0.25) is 5.02 Å². The van der Waals surface area contributed by atoms with Crippen molar-refractivity contribution in [1.29, 1.82) is 0 Å². The minimum absolute atomic E-state index is 0.248. The van der Waals surface area contributed by atoms with E-state index in [9.17, 15) is 39.7 Å². The summed E-state index contributed by atoms with van der Waals surface area (Å²) in [6.45, 7) is -0.645. The Kier molecular flexibility index (Phi) is 6.41. The Balaban J connectivity index is 1.86. The Morgan fingerprint density at radius 3 is 2.50 bits per heavy atom. The first-order valence-electron chi connectivity index (χ1n) is 8.54. The summed E-state index contributed by atoms with van der Waals surface area (Å²) in [5, 5.41) is 34.1. The number of nitrogens with zero attached hydrogens (tertiary/aromatic N) is 3. The summed E-state index contributed by atoms with van der Waals surface area (Å²) in [5.74, 6) is -2.54. The predicted molar refractivity (Wildman–Crippen MR) is 114 cm³/mol. The third kappa shape index (κ3) is 4.68. The fraction of sp³-hybridized carbons (Fsp3) is 0.0556. The van der Waals surface area contributed by atoms with Crippen LogP contribution in [0.5, 0.6) is 5.75 Å². The van der Waals surface area contributed by atoms with Gasteiger partial charge in [-0.15, -0.1) is 0 Å². The summed E-state index contributed by atoms with van der Waals surface area (Å²) in [7, 11) is 0. The smallest absolute Gasteiger partial charge is 0.318 e. The van der Waals surface area contributed by atoms with Gasteiger partial charge in [0.05, 0.1) is 31.5 Å². The first-order chi connectivity index (χ1) is 15.1. The van der Waals surface area contributed by atoms with E-state index in [1.807, 2.05) is 0 Å². The molecule has 3 amide bonds. The molecule has 12 nitrogen and oxygen atoms in total. The number of carbonyl (C=O) groups excluding carboxylic acids is 3.